The van der Waals surface area contributed by atoms with Crippen LogP contribution in [-0.4, -0.2) is 41.5 Å². The Morgan fingerprint density at radius 3 is 2.08 bits per heavy atom. The van der Waals surface area contributed by atoms with Gasteiger partial charge in [0.05, 0.1) is 12.3 Å². The Morgan fingerprint density at radius 2 is 1.62 bits per heavy atom. The van der Waals surface area contributed by atoms with Crippen molar-refractivity contribution in [1.82, 2.24) is 5.06 Å². The molecule has 2 N–H and O–H groups in total. The van der Waals surface area contributed by atoms with Gasteiger partial charge in [-0.1, -0.05) is 0 Å². The molecule has 9 nitrogen and oxygen atoms in total. The largest absolute Gasteiger partial charge is 0.503 e. The second-order valence-electron chi connectivity index (χ2n) is 4.99. The van der Waals surface area contributed by atoms with Crippen LogP contribution in [0.3, 0.4) is 0 Å². The van der Waals surface area contributed by atoms with Gasteiger partial charge in [0.25, 0.3) is 11.8 Å². The summed E-state index contributed by atoms with van der Waals surface area (Å²) in [5.74, 6) is -17.9. The number of halogens is 4. The van der Waals surface area contributed by atoms with Crippen molar-refractivity contribution in [3.63, 3.8) is 0 Å². The third-order valence-electron chi connectivity index (χ3n) is 3.24. The van der Waals surface area contributed by atoms with Crippen LogP contribution in [0.25, 0.3) is 0 Å². The lowest BCUT2D eigenvalue weighted by molar-refractivity contribution is -0.165. The van der Waals surface area contributed by atoms with Gasteiger partial charge in [0.15, 0.2) is 22.3 Å². The van der Waals surface area contributed by atoms with E-state index in [-0.39, 0.29) is 0 Å². The van der Waals surface area contributed by atoms with Gasteiger partial charge in [0, 0.05) is 6.42 Å². The Kier molecular flexibility index (Phi) is 4.92. The van der Waals surface area contributed by atoms with Gasteiger partial charge in [-0.25, -0.2) is 8.78 Å². The molecule has 1 atom stereocenters. The summed E-state index contributed by atoms with van der Waals surface area (Å²) in [5, 5.41) is 16.9. The maximum absolute atomic E-state index is 13.6. The van der Waals surface area contributed by atoms with Crippen LogP contribution < -0.4 is 0 Å². The Bertz CT molecular complexity index is 903. The second-order valence-corrected chi connectivity index (χ2v) is 6.45. The van der Waals surface area contributed by atoms with Gasteiger partial charge >= 0.3 is 16.1 Å². The third-order valence-corrected chi connectivity index (χ3v) is 4.44. The number of carboxylic acid groups (broad SMARTS) is 1. The number of amides is 2. The molecule has 0 saturated carbocycles. The number of carboxylic acids is 1. The Labute approximate surface area is 141 Å². The number of hydrogen-bond acceptors (Lipinski definition) is 7. The van der Waals surface area contributed by atoms with Crippen molar-refractivity contribution in [3.8, 4) is 5.75 Å². The van der Waals surface area contributed by atoms with Crippen molar-refractivity contribution in [2.24, 2.45) is 5.92 Å². The molecule has 14 heteroatoms. The lowest BCUT2D eigenvalue weighted by atomic mass is 10.0. The molecule has 142 valence electrons. The smallest absolute Gasteiger partial charge is 0.324 e. The zero-order valence-corrected chi connectivity index (χ0v) is 13.0. The number of carbonyl (C=O) groups is 3. The van der Waals surface area contributed by atoms with Gasteiger partial charge in [0.1, 0.15) is 0 Å². The molecule has 1 unspecified atom stereocenters. The molecule has 0 spiro atoms. The first-order chi connectivity index (χ1) is 11.9. The fourth-order valence-corrected chi connectivity index (χ4v) is 3.12. The minimum Gasteiger partial charge on any atom is -0.503 e. The van der Waals surface area contributed by atoms with Crippen LogP contribution in [0.5, 0.6) is 5.75 Å². The van der Waals surface area contributed by atoms with Crippen molar-refractivity contribution in [2.75, 3.05) is 0 Å². The Morgan fingerprint density at radius 1 is 1.12 bits per heavy atom. The number of hydrogen-bond donors (Lipinski definition) is 2. The van der Waals surface area contributed by atoms with Crippen molar-refractivity contribution < 1.29 is 54.9 Å². The SMILES string of the molecule is O=C(O)CC1CC(=O)N(OS(=O)(=O)c2c(F)c(F)c(O)c(F)c2F)C1=O. The maximum atomic E-state index is 13.6. The Balaban J connectivity index is 2.43. The van der Waals surface area contributed by atoms with Crippen LogP contribution in [0.1, 0.15) is 12.8 Å². The quantitative estimate of drug-likeness (QED) is 0.411. The summed E-state index contributed by atoms with van der Waals surface area (Å²) in [6.45, 7) is 0. The summed E-state index contributed by atoms with van der Waals surface area (Å²) < 4.78 is 81.6. The molecule has 2 rings (SSSR count). The van der Waals surface area contributed by atoms with Gasteiger partial charge in [-0.15, -0.1) is 9.35 Å². The molecular formula is C12H7F4NO8S. The predicted octanol–water partition coefficient (Wildman–Crippen LogP) is 0.419. The molecule has 2 amide bonds. The van der Waals surface area contributed by atoms with Crippen molar-refractivity contribution in [1.29, 1.82) is 0 Å². The first-order valence-corrected chi connectivity index (χ1v) is 7.87. The van der Waals surface area contributed by atoms with E-state index in [9.17, 15) is 40.4 Å². The fourth-order valence-electron chi connectivity index (χ4n) is 2.07. The van der Waals surface area contributed by atoms with Crippen LogP contribution in [0, 0.1) is 29.2 Å². The zero-order valence-electron chi connectivity index (χ0n) is 12.2. The monoisotopic (exact) mass is 401 g/mol. The highest BCUT2D eigenvalue weighted by Gasteiger charge is 2.45. The molecule has 1 saturated heterocycles. The number of aliphatic carboxylic acids is 1. The molecule has 1 fully saturated rings. The number of rotatable bonds is 5. The normalized spacial score (nSPS) is 17.8. The molecule has 1 heterocycles. The van der Waals surface area contributed by atoms with E-state index >= 15 is 0 Å². The van der Waals surface area contributed by atoms with E-state index in [4.69, 9.17) is 10.2 Å². The molecule has 0 aliphatic carbocycles. The molecule has 26 heavy (non-hydrogen) atoms. The van der Waals surface area contributed by atoms with Crippen LogP contribution >= 0.6 is 0 Å². The van der Waals surface area contributed by atoms with Crippen LogP contribution in [-0.2, 0) is 28.8 Å². The molecule has 0 aromatic heterocycles. The number of phenolic OH excluding ortho intramolecular Hbond substituents is 1. The highest BCUT2D eigenvalue weighted by molar-refractivity contribution is 7.86. The van der Waals surface area contributed by atoms with E-state index in [0.29, 0.717) is 0 Å². The minimum atomic E-state index is -5.79. The van der Waals surface area contributed by atoms with Gasteiger partial charge in [-0.2, -0.15) is 17.2 Å². The molecule has 1 aliphatic rings. The first kappa shape index (κ1) is 19.6. The van der Waals surface area contributed by atoms with E-state index < -0.39 is 85.6 Å². The van der Waals surface area contributed by atoms with Gasteiger partial charge in [-0.3, -0.25) is 14.4 Å². The molecule has 0 radical (unpaired) electrons. The van der Waals surface area contributed by atoms with Crippen LogP contribution in [0.15, 0.2) is 4.90 Å². The number of hydroxylamine groups is 2. The van der Waals surface area contributed by atoms with Crippen molar-refractivity contribution in [3.05, 3.63) is 23.3 Å². The predicted molar refractivity (Wildman–Crippen MR) is 68.4 cm³/mol. The van der Waals surface area contributed by atoms with Gasteiger partial charge in [0.2, 0.25) is 11.6 Å². The van der Waals surface area contributed by atoms with E-state index in [1.807, 2.05) is 0 Å². The summed E-state index contributed by atoms with van der Waals surface area (Å²) in [5.41, 5.74) is 0. The molecule has 0 bridgehead atoms. The van der Waals surface area contributed by atoms with Gasteiger partial charge < -0.3 is 10.2 Å². The van der Waals surface area contributed by atoms with Gasteiger partial charge in [-0.05, 0) is 0 Å². The highest BCUT2D eigenvalue weighted by atomic mass is 32.2. The standard InChI is InChI=1S/C12H7F4NO8S/c13-6-8(15)11(9(16)7(14)10(6)21)26(23,24)25-17-4(18)1-3(12(17)22)2-5(19)20/h3,21H,1-2H2,(H,19,20). The van der Waals surface area contributed by atoms with E-state index in [1.165, 1.54) is 0 Å². The minimum absolute atomic E-state index is 0.468. The summed E-state index contributed by atoms with van der Waals surface area (Å²) in [6.07, 6.45) is -1.64. The first-order valence-electron chi connectivity index (χ1n) is 6.46. The van der Waals surface area contributed by atoms with Crippen molar-refractivity contribution in [2.45, 2.75) is 17.7 Å². The average Bonchev–Trinajstić information content (AvgIpc) is 2.77. The number of phenols is 1. The number of nitrogens with zero attached hydrogens (tertiary/aromatic N) is 1. The molecule has 1 aromatic carbocycles. The van der Waals surface area contributed by atoms with Crippen molar-refractivity contribution >= 4 is 27.9 Å². The number of imide groups is 1. The lowest BCUT2D eigenvalue weighted by Crippen LogP contribution is -2.34. The average molecular weight is 401 g/mol. The maximum Gasteiger partial charge on any atom is 0.324 e. The molecule has 1 aromatic rings. The third kappa shape index (κ3) is 3.20. The Hall–Kier alpha value is -2.74. The second kappa shape index (κ2) is 6.53. The van der Waals surface area contributed by atoms with E-state index in [2.05, 4.69) is 4.28 Å². The number of benzene rings is 1. The van der Waals surface area contributed by atoms with Crippen LogP contribution in [0.2, 0.25) is 0 Å². The topological polar surface area (TPSA) is 138 Å². The zero-order chi connectivity index (χ0) is 20.0. The summed E-state index contributed by atoms with van der Waals surface area (Å²) in [4.78, 5) is 31.6. The fraction of sp³-hybridized carbons (Fsp3) is 0.250. The highest BCUT2D eigenvalue weighted by Crippen LogP contribution is 2.33. The number of aromatic hydroxyl groups is 1. The van der Waals surface area contributed by atoms with E-state index in [1.54, 1.807) is 0 Å². The summed E-state index contributed by atoms with van der Waals surface area (Å²) >= 11 is 0. The van der Waals surface area contributed by atoms with Crippen LogP contribution in [0.4, 0.5) is 17.6 Å². The molecule has 1 aliphatic heterocycles. The lowest BCUT2D eigenvalue weighted by Gasteiger charge is -2.15. The number of carbonyl (C=O) groups excluding carboxylic acids is 2. The summed E-state index contributed by atoms with van der Waals surface area (Å²) in [7, 11) is -5.79. The summed E-state index contributed by atoms with van der Waals surface area (Å²) in [6, 6.07) is 0. The molecular weight excluding hydrogens is 394 g/mol. The van der Waals surface area contributed by atoms with E-state index in [0.717, 1.165) is 0 Å².